The third kappa shape index (κ3) is 4.06. The first-order chi connectivity index (χ1) is 15.7. The van der Waals surface area contributed by atoms with E-state index in [9.17, 15) is 9.90 Å². The lowest BCUT2D eigenvalue weighted by molar-refractivity contribution is -0.148. The number of hydrogen-bond donors (Lipinski definition) is 3. The zero-order chi connectivity index (χ0) is 23.3. The first-order valence-electron chi connectivity index (χ1n) is 12.1. The van der Waals surface area contributed by atoms with Crippen molar-refractivity contribution in [1.82, 2.24) is 20.2 Å². The van der Waals surface area contributed by atoms with Gasteiger partial charge in [0.25, 0.3) is 5.91 Å². The van der Waals surface area contributed by atoms with E-state index in [0.717, 1.165) is 37.0 Å². The van der Waals surface area contributed by atoms with Crippen LogP contribution in [-0.4, -0.2) is 44.6 Å². The highest BCUT2D eigenvalue weighted by molar-refractivity contribution is 5.86. The fraction of sp³-hybridized carbons (Fsp3) is 0.481. The molecule has 5 rings (SSSR count). The van der Waals surface area contributed by atoms with Gasteiger partial charge in [0.15, 0.2) is 0 Å². The van der Waals surface area contributed by atoms with Gasteiger partial charge in [-0.3, -0.25) is 4.79 Å². The molecule has 0 spiro atoms. The van der Waals surface area contributed by atoms with Crippen LogP contribution in [0.15, 0.2) is 30.6 Å². The van der Waals surface area contributed by atoms with E-state index in [0.29, 0.717) is 25.0 Å². The Morgan fingerprint density at radius 2 is 2.06 bits per heavy atom. The van der Waals surface area contributed by atoms with Crippen LogP contribution in [0.1, 0.15) is 74.8 Å². The number of pyridine rings is 1. The van der Waals surface area contributed by atoms with Gasteiger partial charge < -0.3 is 20.3 Å². The molecule has 1 fully saturated rings. The van der Waals surface area contributed by atoms with E-state index in [1.165, 1.54) is 33.2 Å². The van der Waals surface area contributed by atoms with Gasteiger partial charge in [0, 0.05) is 42.5 Å². The van der Waals surface area contributed by atoms with Crippen molar-refractivity contribution in [2.24, 2.45) is 0 Å². The van der Waals surface area contributed by atoms with Gasteiger partial charge in [0.2, 0.25) is 0 Å². The highest BCUT2D eigenvalue weighted by atomic mass is 16.3. The molecule has 0 radical (unpaired) electrons. The number of H-pyrrole nitrogens is 1. The van der Waals surface area contributed by atoms with Gasteiger partial charge >= 0.3 is 0 Å². The molecule has 1 saturated heterocycles. The van der Waals surface area contributed by atoms with Gasteiger partial charge in [-0.05, 0) is 85.5 Å². The molecule has 4 heterocycles. The van der Waals surface area contributed by atoms with Crippen molar-refractivity contribution in [2.75, 3.05) is 13.1 Å². The molecule has 0 unspecified atom stereocenters. The SMILES string of the molecule is CC(C)c1c[nH]c2ncc(-c3cc4c(c([C@@H]5CCCN5)c3)CN(C(=O)C(C)(C)O)CC4)cc12. The van der Waals surface area contributed by atoms with E-state index in [4.69, 9.17) is 4.98 Å². The third-order valence-electron chi connectivity index (χ3n) is 7.14. The fourth-order valence-corrected chi connectivity index (χ4v) is 5.34. The third-order valence-corrected chi connectivity index (χ3v) is 7.14. The minimum absolute atomic E-state index is 0.203. The average Bonchev–Trinajstić information content (AvgIpc) is 3.46. The first kappa shape index (κ1) is 22.1. The van der Waals surface area contributed by atoms with Crippen molar-refractivity contribution in [3.8, 4) is 11.1 Å². The van der Waals surface area contributed by atoms with E-state index in [1.807, 2.05) is 11.1 Å². The predicted octanol–water partition coefficient (Wildman–Crippen LogP) is 4.43. The number of benzene rings is 1. The summed E-state index contributed by atoms with van der Waals surface area (Å²) in [4.78, 5) is 22.6. The molecule has 2 aliphatic heterocycles. The van der Waals surface area contributed by atoms with Crippen molar-refractivity contribution >= 4 is 16.9 Å². The van der Waals surface area contributed by atoms with Crippen molar-refractivity contribution in [1.29, 1.82) is 0 Å². The Bertz CT molecular complexity index is 1200. The number of rotatable bonds is 4. The van der Waals surface area contributed by atoms with Crippen LogP contribution in [0, 0.1) is 0 Å². The predicted molar refractivity (Wildman–Crippen MR) is 131 cm³/mol. The van der Waals surface area contributed by atoms with Crippen LogP contribution < -0.4 is 5.32 Å². The molecule has 1 aromatic carbocycles. The molecule has 2 aliphatic rings. The van der Waals surface area contributed by atoms with Crippen LogP contribution in [-0.2, 0) is 17.8 Å². The van der Waals surface area contributed by atoms with Gasteiger partial charge in [0.05, 0.1) is 0 Å². The first-order valence-corrected chi connectivity index (χ1v) is 12.1. The lowest BCUT2D eigenvalue weighted by atomic mass is 9.86. The zero-order valence-electron chi connectivity index (χ0n) is 20.0. The van der Waals surface area contributed by atoms with Crippen molar-refractivity contribution in [2.45, 2.75) is 71.1 Å². The van der Waals surface area contributed by atoms with Gasteiger partial charge in [-0.15, -0.1) is 0 Å². The van der Waals surface area contributed by atoms with Crippen LogP contribution in [0.2, 0.25) is 0 Å². The Hall–Kier alpha value is -2.70. The Balaban J connectivity index is 1.59. The number of amides is 1. The average molecular weight is 447 g/mol. The highest BCUT2D eigenvalue weighted by Gasteiger charge is 2.33. The second-order valence-electron chi connectivity index (χ2n) is 10.4. The summed E-state index contributed by atoms with van der Waals surface area (Å²) in [5, 5.41) is 15.1. The van der Waals surface area contributed by atoms with Gasteiger partial charge in [-0.2, -0.15) is 0 Å². The molecule has 3 aromatic rings. The maximum atomic E-state index is 12.8. The number of hydrogen-bond acceptors (Lipinski definition) is 4. The normalized spacial score (nSPS) is 18.8. The summed E-state index contributed by atoms with van der Waals surface area (Å²) in [5.74, 6) is 0.225. The molecule has 0 bridgehead atoms. The minimum atomic E-state index is -1.35. The van der Waals surface area contributed by atoms with Crippen LogP contribution in [0.4, 0.5) is 0 Å². The molecule has 2 aromatic heterocycles. The molecule has 33 heavy (non-hydrogen) atoms. The topological polar surface area (TPSA) is 81.2 Å². The summed E-state index contributed by atoms with van der Waals surface area (Å²) in [6, 6.07) is 7.13. The standard InChI is InChI=1S/C27H34N4O2/c1-16(2)22-14-30-25-21(22)12-19(13-29-25)18-10-17-7-9-31(26(32)27(3,4)33)15-23(17)20(11-18)24-6-5-8-28-24/h10-14,16,24,28,33H,5-9,15H2,1-4H3,(H,29,30)/t24-/m0/s1. The molecule has 0 saturated carbocycles. The van der Waals surface area contributed by atoms with Gasteiger partial charge in [-0.25, -0.2) is 4.98 Å². The van der Waals surface area contributed by atoms with E-state index >= 15 is 0 Å². The molecule has 1 atom stereocenters. The molecule has 3 N–H and O–H groups in total. The number of fused-ring (bicyclic) bond motifs is 2. The molecule has 1 amide bonds. The summed E-state index contributed by atoms with van der Waals surface area (Å²) < 4.78 is 0. The maximum absolute atomic E-state index is 12.8. The van der Waals surface area contributed by atoms with Crippen LogP contribution in [0.25, 0.3) is 22.2 Å². The Labute approximate surface area is 195 Å². The Morgan fingerprint density at radius 3 is 2.76 bits per heavy atom. The lowest BCUT2D eigenvalue weighted by Gasteiger charge is -2.35. The Kier molecular flexibility index (Phi) is 5.53. The second kappa shape index (κ2) is 8.26. The number of aliphatic hydroxyl groups is 1. The zero-order valence-corrected chi connectivity index (χ0v) is 20.0. The number of nitrogens with zero attached hydrogens (tertiary/aromatic N) is 2. The maximum Gasteiger partial charge on any atom is 0.254 e. The van der Waals surface area contributed by atoms with E-state index < -0.39 is 5.60 Å². The lowest BCUT2D eigenvalue weighted by Crippen LogP contribution is -2.47. The molecular weight excluding hydrogens is 412 g/mol. The van der Waals surface area contributed by atoms with Gasteiger partial charge in [0.1, 0.15) is 11.2 Å². The number of aromatic amines is 1. The van der Waals surface area contributed by atoms with Gasteiger partial charge in [-0.1, -0.05) is 19.9 Å². The summed E-state index contributed by atoms with van der Waals surface area (Å²) >= 11 is 0. The molecule has 6 nitrogen and oxygen atoms in total. The minimum Gasteiger partial charge on any atom is -0.381 e. The molecule has 6 heteroatoms. The number of aromatic nitrogens is 2. The second-order valence-corrected chi connectivity index (χ2v) is 10.4. The number of nitrogens with one attached hydrogen (secondary N) is 2. The summed E-state index contributed by atoms with van der Waals surface area (Å²) in [6.45, 7) is 9.76. The molecule has 0 aliphatic carbocycles. The number of carbonyl (C=O) groups excluding carboxylic acids is 1. The van der Waals surface area contributed by atoms with Crippen molar-refractivity contribution < 1.29 is 9.90 Å². The van der Waals surface area contributed by atoms with Crippen molar-refractivity contribution in [3.63, 3.8) is 0 Å². The Morgan fingerprint density at radius 1 is 1.24 bits per heavy atom. The van der Waals surface area contributed by atoms with E-state index in [2.05, 4.69) is 48.5 Å². The van der Waals surface area contributed by atoms with Crippen molar-refractivity contribution in [3.05, 3.63) is 52.8 Å². The monoisotopic (exact) mass is 446 g/mol. The fourth-order valence-electron chi connectivity index (χ4n) is 5.34. The summed E-state index contributed by atoms with van der Waals surface area (Å²) in [5.41, 5.74) is 7.00. The number of carbonyl (C=O) groups is 1. The van der Waals surface area contributed by atoms with Crippen LogP contribution in [0.3, 0.4) is 0 Å². The largest absolute Gasteiger partial charge is 0.381 e. The highest BCUT2D eigenvalue weighted by Crippen LogP contribution is 2.37. The quantitative estimate of drug-likeness (QED) is 0.554. The summed E-state index contributed by atoms with van der Waals surface area (Å²) in [6.07, 6.45) is 7.08. The molecular formula is C27H34N4O2. The molecule has 174 valence electrons. The smallest absolute Gasteiger partial charge is 0.254 e. The van der Waals surface area contributed by atoms with E-state index in [-0.39, 0.29) is 5.91 Å². The van der Waals surface area contributed by atoms with E-state index in [1.54, 1.807) is 13.8 Å². The summed E-state index contributed by atoms with van der Waals surface area (Å²) in [7, 11) is 0. The van der Waals surface area contributed by atoms with Crippen LogP contribution in [0.5, 0.6) is 0 Å². The van der Waals surface area contributed by atoms with Crippen LogP contribution >= 0.6 is 0 Å².